The maximum Gasteiger partial charge on any atom is 0.321 e. The fourth-order valence-corrected chi connectivity index (χ4v) is 2.68. The monoisotopic (exact) mass is 361 g/mol. The van der Waals surface area contributed by atoms with E-state index in [4.69, 9.17) is 5.11 Å². The Bertz CT molecular complexity index is 701. The van der Waals surface area contributed by atoms with Crippen LogP contribution in [0.4, 0.5) is 16.2 Å². The van der Waals surface area contributed by atoms with Crippen LogP contribution in [0.1, 0.15) is 39.2 Å². The maximum absolute atomic E-state index is 12.5. The molecule has 3 N–H and O–H groups in total. The van der Waals surface area contributed by atoms with Crippen LogP contribution in [0.15, 0.2) is 18.2 Å². The Kier molecular flexibility index (Phi) is 5.90. The number of carbonyl (C=O) groups is 3. The number of amides is 3. The first-order valence-corrected chi connectivity index (χ1v) is 8.79. The van der Waals surface area contributed by atoms with Gasteiger partial charge >= 0.3 is 12.0 Å². The molecule has 0 spiro atoms. The molecule has 7 nitrogen and oxygen atoms in total. The summed E-state index contributed by atoms with van der Waals surface area (Å²) in [5.41, 5.74) is 1.62. The number of carboxylic acids is 1. The number of hydrogen-bond donors (Lipinski definition) is 3. The van der Waals surface area contributed by atoms with E-state index >= 15 is 0 Å². The molecule has 1 aliphatic heterocycles. The van der Waals surface area contributed by atoms with Gasteiger partial charge in [-0.3, -0.25) is 9.59 Å². The van der Waals surface area contributed by atoms with Crippen LogP contribution in [0.2, 0.25) is 0 Å². The highest BCUT2D eigenvalue weighted by molar-refractivity contribution is 5.96. The topological polar surface area (TPSA) is 98.7 Å². The van der Waals surface area contributed by atoms with Crippen LogP contribution in [0, 0.1) is 18.3 Å². The molecular weight excluding hydrogens is 334 g/mol. The summed E-state index contributed by atoms with van der Waals surface area (Å²) in [6.45, 7) is 8.21. The van der Waals surface area contributed by atoms with E-state index in [0.29, 0.717) is 37.3 Å². The highest BCUT2D eigenvalue weighted by atomic mass is 16.4. The summed E-state index contributed by atoms with van der Waals surface area (Å²) in [6.07, 6.45) is 0.923. The quantitative estimate of drug-likeness (QED) is 0.769. The SMILES string of the molecule is Cc1ccc(NC(=O)C(C)(C)C)cc1NC(=O)N1CCC(C(=O)O)CC1. The third-order valence-electron chi connectivity index (χ3n) is 4.55. The average molecular weight is 361 g/mol. The van der Waals surface area contributed by atoms with Crippen molar-refractivity contribution in [3.05, 3.63) is 23.8 Å². The van der Waals surface area contributed by atoms with Crippen LogP contribution < -0.4 is 10.6 Å². The van der Waals surface area contributed by atoms with Gasteiger partial charge < -0.3 is 20.6 Å². The average Bonchev–Trinajstić information content (AvgIpc) is 2.57. The summed E-state index contributed by atoms with van der Waals surface area (Å²) in [6, 6.07) is 5.12. The van der Waals surface area contributed by atoms with Crippen LogP contribution >= 0.6 is 0 Å². The van der Waals surface area contributed by atoms with Crippen molar-refractivity contribution in [2.24, 2.45) is 11.3 Å². The van der Waals surface area contributed by atoms with Crippen LogP contribution in [0.25, 0.3) is 0 Å². The number of nitrogens with zero attached hydrogens (tertiary/aromatic N) is 1. The van der Waals surface area contributed by atoms with Crippen molar-refractivity contribution >= 4 is 29.3 Å². The molecule has 1 aliphatic rings. The highest BCUT2D eigenvalue weighted by Gasteiger charge is 2.27. The van der Waals surface area contributed by atoms with Gasteiger partial charge in [0, 0.05) is 29.9 Å². The second-order valence-corrected chi connectivity index (χ2v) is 7.76. The number of anilines is 2. The van der Waals surface area contributed by atoms with Crippen molar-refractivity contribution in [2.75, 3.05) is 23.7 Å². The zero-order valence-electron chi connectivity index (χ0n) is 15.8. The lowest BCUT2D eigenvalue weighted by Gasteiger charge is -2.30. The number of likely N-dealkylation sites (tertiary alicyclic amines) is 1. The van der Waals surface area contributed by atoms with Crippen molar-refractivity contribution in [3.63, 3.8) is 0 Å². The molecule has 1 fully saturated rings. The number of carbonyl (C=O) groups excluding carboxylic acids is 2. The molecule has 1 aromatic carbocycles. The smallest absolute Gasteiger partial charge is 0.321 e. The number of nitrogens with one attached hydrogen (secondary N) is 2. The number of benzene rings is 1. The number of aliphatic carboxylic acids is 1. The lowest BCUT2D eigenvalue weighted by atomic mass is 9.95. The zero-order chi connectivity index (χ0) is 19.5. The third kappa shape index (κ3) is 4.97. The van der Waals surface area contributed by atoms with Crippen molar-refractivity contribution in [3.8, 4) is 0 Å². The zero-order valence-corrected chi connectivity index (χ0v) is 15.8. The van der Waals surface area contributed by atoms with E-state index in [-0.39, 0.29) is 17.9 Å². The molecule has 0 bridgehead atoms. The molecule has 1 saturated heterocycles. The second-order valence-electron chi connectivity index (χ2n) is 7.76. The van der Waals surface area contributed by atoms with E-state index in [1.54, 1.807) is 17.0 Å². The third-order valence-corrected chi connectivity index (χ3v) is 4.55. The first-order valence-electron chi connectivity index (χ1n) is 8.79. The number of hydrogen-bond acceptors (Lipinski definition) is 3. The van der Waals surface area contributed by atoms with Crippen LogP contribution in [-0.4, -0.2) is 41.0 Å². The molecule has 3 amide bonds. The summed E-state index contributed by atoms with van der Waals surface area (Å²) >= 11 is 0. The van der Waals surface area contributed by atoms with Crippen molar-refractivity contribution in [2.45, 2.75) is 40.5 Å². The molecule has 142 valence electrons. The summed E-state index contributed by atoms with van der Waals surface area (Å²) < 4.78 is 0. The maximum atomic E-state index is 12.5. The molecular formula is C19H27N3O4. The van der Waals surface area contributed by atoms with E-state index in [2.05, 4.69) is 10.6 Å². The molecule has 0 aromatic heterocycles. The molecule has 0 atom stereocenters. The second kappa shape index (κ2) is 7.76. The largest absolute Gasteiger partial charge is 0.481 e. The Hall–Kier alpha value is -2.57. The minimum Gasteiger partial charge on any atom is -0.481 e. The van der Waals surface area contributed by atoms with Crippen molar-refractivity contribution in [1.29, 1.82) is 0 Å². The molecule has 1 aromatic rings. The predicted molar refractivity (Wildman–Crippen MR) is 100 cm³/mol. The molecule has 0 saturated carbocycles. The first kappa shape index (κ1) is 19.8. The summed E-state index contributed by atoms with van der Waals surface area (Å²) in [4.78, 5) is 37.2. The number of carboxylic acid groups (broad SMARTS) is 1. The Morgan fingerprint density at radius 2 is 1.73 bits per heavy atom. The van der Waals surface area contributed by atoms with Gasteiger partial charge in [-0.2, -0.15) is 0 Å². The van der Waals surface area contributed by atoms with Crippen LogP contribution in [-0.2, 0) is 9.59 Å². The number of rotatable bonds is 3. The Labute approximate surface area is 153 Å². The van der Waals surface area contributed by atoms with Gasteiger partial charge in [0.05, 0.1) is 5.92 Å². The van der Waals surface area contributed by atoms with Gasteiger partial charge in [0.2, 0.25) is 5.91 Å². The number of aryl methyl sites for hydroxylation is 1. The molecule has 1 heterocycles. The minimum atomic E-state index is -0.803. The lowest BCUT2D eigenvalue weighted by molar-refractivity contribution is -0.143. The van der Waals surface area contributed by atoms with Crippen molar-refractivity contribution < 1.29 is 19.5 Å². The summed E-state index contributed by atoms with van der Waals surface area (Å²) in [7, 11) is 0. The molecule has 0 radical (unpaired) electrons. The van der Waals surface area contributed by atoms with Gasteiger partial charge in [-0.15, -0.1) is 0 Å². The van der Waals surface area contributed by atoms with Gasteiger partial charge in [0.15, 0.2) is 0 Å². The van der Waals surface area contributed by atoms with E-state index in [9.17, 15) is 14.4 Å². The Balaban J connectivity index is 2.02. The standard InChI is InChI=1S/C19H27N3O4/c1-12-5-6-14(20-17(25)19(2,3)4)11-15(12)21-18(26)22-9-7-13(8-10-22)16(23)24/h5-6,11,13H,7-10H2,1-4H3,(H,20,25)(H,21,26)(H,23,24). The predicted octanol–water partition coefficient (Wildman–Crippen LogP) is 3.31. The molecule has 0 aliphatic carbocycles. The molecule has 7 heteroatoms. The molecule has 26 heavy (non-hydrogen) atoms. The summed E-state index contributed by atoms with van der Waals surface area (Å²) in [5.74, 6) is -1.28. The first-order chi connectivity index (χ1) is 12.1. The Morgan fingerprint density at radius 1 is 1.12 bits per heavy atom. The van der Waals surface area contributed by atoms with Crippen LogP contribution in [0.5, 0.6) is 0 Å². The van der Waals surface area contributed by atoms with Gasteiger partial charge in [-0.05, 0) is 37.5 Å². The van der Waals surface area contributed by atoms with E-state index in [1.165, 1.54) is 0 Å². The van der Waals surface area contributed by atoms with Gasteiger partial charge in [-0.1, -0.05) is 26.8 Å². The van der Waals surface area contributed by atoms with Gasteiger partial charge in [-0.25, -0.2) is 4.79 Å². The van der Waals surface area contributed by atoms with Crippen molar-refractivity contribution in [1.82, 2.24) is 4.90 Å². The number of urea groups is 1. The molecule has 2 rings (SSSR count). The normalized spacial score (nSPS) is 15.5. The van der Waals surface area contributed by atoms with Gasteiger partial charge in [0.25, 0.3) is 0 Å². The van der Waals surface area contributed by atoms with Gasteiger partial charge in [0.1, 0.15) is 0 Å². The Morgan fingerprint density at radius 3 is 2.27 bits per heavy atom. The molecule has 0 unspecified atom stereocenters. The van der Waals surface area contributed by atoms with E-state index < -0.39 is 11.4 Å². The fraction of sp³-hybridized carbons (Fsp3) is 0.526. The van der Waals surface area contributed by atoms with Crippen LogP contribution in [0.3, 0.4) is 0 Å². The fourth-order valence-electron chi connectivity index (χ4n) is 2.68. The van der Waals surface area contributed by atoms with E-state index in [1.807, 2.05) is 33.8 Å². The summed E-state index contributed by atoms with van der Waals surface area (Å²) in [5, 5.41) is 14.8. The minimum absolute atomic E-state index is 0.102. The lowest BCUT2D eigenvalue weighted by Crippen LogP contribution is -2.42. The highest BCUT2D eigenvalue weighted by Crippen LogP contribution is 2.24. The van der Waals surface area contributed by atoms with E-state index in [0.717, 1.165) is 5.56 Å². The number of piperidine rings is 1.